The highest BCUT2D eigenvalue weighted by molar-refractivity contribution is 5.85. The predicted octanol–water partition coefficient (Wildman–Crippen LogP) is 2.60. The van der Waals surface area contributed by atoms with E-state index in [1.54, 1.807) is 4.90 Å². The molecule has 106 valence electrons. The van der Waals surface area contributed by atoms with Crippen LogP contribution in [0.3, 0.4) is 0 Å². The molecule has 0 saturated heterocycles. The number of amides is 1. The van der Waals surface area contributed by atoms with Gasteiger partial charge in [-0.2, -0.15) is 0 Å². The molecular weight excluding hydrogens is 236 g/mol. The lowest BCUT2D eigenvalue weighted by Crippen LogP contribution is -2.51. The Morgan fingerprint density at radius 2 is 1.74 bits per heavy atom. The smallest absolute Gasteiger partial charge is 0.242 e. The van der Waals surface area contributed by atoms with Crippen LogP contribution >= 0.6 is 0 Å². The molecule has 0 spiro atoms. The molecule has 0 aromatic heterocycles. The Kier molecular flexibility index (Phi) is 5.55. The molecule has 1 amide bonds. The van der Waals surface area contributed by atoms with Gasteiger partial charge in [0.25, 0.3) is 0 Å². The summed E-state index contributed by atoms with van der Waals surface area (Å²) in [5, 5.41) is 3.04. The Morgan fingerprint density at radius 1 is 1.21 bits per heavy atom. The number of benzene rings is 1. The minimum absolute atomic E-state index is 0.104. The van der Waals surface area contributed by atoms with E-state index < -0.39 is 5.54 Å². The zero-order chi connectivity index (χ0) is 14.5. The molecule has 1 N–H and O–H groups in total. The van der Waals surface area contributed by atoms with Crippen LogP contribution in [0.15, 0.2) is 24.3 Å². The Balaban J connectivity index is 2.66. The molecule has 1 aromatic rings. The average molecular weight is 262 g/mol. The third-order valence-corrected chi connectivity index (χ3v) is 3.49. The maximum atomic E-state index is 12.2. The Labute approximate surface area is 117 Å². The quantitative estimate of drug-likeness (QED) is 0.854. The van der Waals surface area contributed by atoms with E-state index in [1.807, 2.05) is 27.9 Å². The van der Waals surface area contributed by atoms with E-state index in [2.05, 4.69) is 36.5 Å². The molecule has 19 heavy (non-hydrogen) atoms. The van der Waals surface area contributed by atoms with E-state index in [4.69, 9.17) is 0 Å². The van der Waals surface area contributed by atoms with Gasteiger partial charge >= 0.3 is 0 Å². The SMILES string of the molecule is CCCc1ccc(CN(C)C(=O)C(C)(C)NC)cc1. The van der Waals surface area contributed by atoms with Gasteiger partial charge in [0, 0.05) is 13.6 Å². The van der Waals surface area contributed by atoms with Crippen LogP contribution in [0.5, 0.6) is 0 Å². The number of carbonyl (C=O) groups is 1. The fraction of sp³-hybridized carbons (Fsp3) is 0.562. The van der Waals surface area contributed by atoms with Crippen molar-refractivity contribution < 1.29 is 4.79 Å². The predicted molar refractivity (Wildman–Crippen MR) is 80.0 cm³/mol. The number of hydrogen-bond acceptors (Lipinski definition) is 2. The average Bonchev–Trinajstić information content (AvgIpc) is 2.40. The first-order valence-corrected chi connectivity index (χ1v) is 6.93. The number of carbonyl (C=O) groups excluding carboxylic acids is 1. The van der Waals surface area contributed by atoms with Gasteiger partial charge in [0.2, 0.25) is 5.91 Å². The summed E-state index contributed by atoms with van der Waals surface area (Å²) in [4.78, 5) is 14.0. The third kappa shape index (κ3) is 4.35. The van der Waals surface area contributed by atoms with Crippen molar-refractivity contribution in [2.45, 2.75) is 45.7 Å². The molecule has 0 aliphatic rings. The molecule has 0 aliphatic heterocycles. The minimum atomic E-state index is -0.517. The summed E-state index contributed by atoms with van der Waals surface area (Å²) in [5.74, 6) is 0.104. The second kappa shape index (κ2) is 6.71. The van der Waals surface area contributed by atoms with Crippen LogP contribution in [0.2, 0.25) is 0 Å². The molecule has 3 nitrogen and oxygen atoms in total. The highest BCUT2D eigenvalue weighted by Gasteiger charge is 2.28. The van der Waals surface area contributed by atoms with Crippen LogP contribution in [0.1, 0.15) is 38.3 Å². The number of likely N-dealkylation sites (N-methyl/N-ethyl adjacent to an activating group) is 2. The third-order valence-electron chi connectivity index (χ3n) is 3.49. The molecule has 0 atom stereocenters. The van der Waals surface area contributed by atoms with E-state index in [1.165, 1.54) is 11.1 Å². The summed E-state index contributed by atoms with van der Waals surface area (Å²) in [7, 11) is 3.66. The molecule has 0 bridgehead atoms. The lowest BCUT2D eigenvalue weighted by atomic mass is 10.0. The summed E-state index contributed by atoms with van der Waals surface area (Å²) in [5.41, 5.74) is 2.01. The van der Waals surface area contributed by atoms with Crippen molar-refractivity contribution in [3.05, 3.63) is 35.4 Å². The van der Waals surface area contributed by atoms with Crippen molar-refractivity contribution in [2.75, 3.05) is 14.1 Å². The van der Waals surface area contributed by atoms with Gasteiger partial charge in [0.1, 0.15) is 0 Å². The highest BCUT2D eigenvalue weighted by Crippen LogP contribution is 2.12. The Morgan fingerprint density at radius 3 is 2.21 bits per heavy atom. The number of hydrogen-bond donors (Lipinski definition) is 1. The van der Waals surface area contributed by atoms with Crippen LogP contribution in [-0.4, -0.2) is 30.4 Å². The van der Waals surface area contributed by atoms with Crippen molar-refractivity contribution >= 4 is 5.91 Å². The van der Waals surface area contributed by atoms with Crippen molar-refractivity contribution in [1.82, 2.24) is 10.2 Å². The van der Waals surface area contributed by atoms with E-state index in [-0.39, 0.29) is 5.91 Å². The molecular formula is C16H26N2O. The lowest BCUT2D eigenvalue weighted by molar-refractivity contribution is -0.136. The topological polar surface area (TPSA) is 32.3 Å². The van der Waals surface area contributed by atoms with Crippen LogP contribution in [-0.2, 0) is 17.8 Å². The largest absolute Gasteiger partial charge is 0.340 e. The van der Waals surface area contributed by atoms with Crippen LogP contribution in [0.25, 0.3) is 0 Å². The first-order valence-electron chi connectivity index (χ1n) is 6.93. The number of nitrogens with one attached hydrogen (secondary N) is 1. The maximum absolute atomic E-state index is 12.2. The maximum Gasteiger partial charge on any atom is 0.242 e. The molecule has 3 heteroatoms. The highest BCUT2D eigenvalue weighted by atomic mass is 16.2. The van der Waals surface area contributed by atoms with E-state index >= 15 is 0 Å². The Bertz CT molecular complexity index is 409. The number of nitrogens with zero attached hydrogens (tertiary/aromatic N) is 1. The fourth-order valence-corrected chi connectivity index (χ4v) is 2.03. The van der Waals surface area contributed by atoms with E-state index in [0.717, 1.165) is 12.8 Å². The summed E-state index contributed by atoms with van der Waals surface area (Å²) in [6.45, 7) is 6.63. The second-order valence-corrected chi connectivity index (χ2v) is 5.60. The number of aryl methyl sites for hydroxylation is 1. The van der Waals surface area contributed by atoms with Crippen LogP contribution in [0, 0.1) is 0 Å². The second-order valence-electron chi connectivity index (χ2n) is 5.60. The fourth-order valence-electron chi connectivity index (χ4n) is 2.03. The molecule has 0 heterocycles. The zero-order valence-electron chi connectivity index (χ0n) is 12.8. The first-order chi connectivity index (χ1) is 8.90. The lowest BCUT2D eigenvalue weighted by Gasteiger charge is -2.29. The van der Waals surface area contributed by atoms with Crippen molar-refractivity contribution in [2.24, 2.45) is 0 Å². The van der Waals surface area contributed by atoms with E-state index in [9.17, 15) is 4.79 Å². The molecule has 0 unspecified atom stereocenters. The molecule has 0 aliphatic carbocycles. The zero-order valence-corrected chi connectivity index (χ0v) is 12.8. The van der Waals surface area contributed by atoms with Crippen molar-refractivity contribution in [3.63, 3.8) is 0 Å². The summed E-state index contributed by atoms with van der Waals surface area (Å²) >= 11 is 0. The van der Waals surface area contributed by atoms with Gasteiger partial charge in [-0.3, -0.25) is 4.79 Å². The molecule has 0 saturated carbocycles. The number of rotatable bonds is 6. The van der Waals surface area contributed by atoms with Crippen LogP contribution in [0.4, 0.5) is 0 Å². The van der Waals surface area contributed by atoms with Gasteiger partial charge in [0.05, 0.1) is 5.54 Å². The monoisotopic (exact) mass is 262 g/mol. The normalized spacial score (nSPS) is 11.4. The van der Waals surface area contributed by atoms with Gasteiger partial charge in [-0.1, -0.05) is 37.6 Å². The molecule has 0 fully saturated rings. The minimum Gasteiger partial charge on any atom is -0.340 e. The van der Waals surface area contributed by atoms with Gasteiger partial charge in [-0.25, -0.2) is 0 Å². The summed E-state index contributed by atoms with van der Waals surface area (Å²) < 4.78 is 0. The standard InChI is InChI=1S/C16H26N2O/c1-6-7-13-8-10-14(11-9-13)12-18(5)15(19)16(2,3)17-4/h8-11,17H,6-7,12H2,1-5H3. The van der Waals surface area contributed by atoms with E-state index in [0.29, 0.717) is 6.54 Å². The van der Waals surface area contributed by atoms with Gasteiger partial charge in [-0.05, 0) is 38.4 Å². The first kappa shape index (κ1) is 15.7. The molecule has 0 radical (unpaired) electrons. The summed E-state index contributed by atoms with van der Waals surface area (Å²) in [6.07, 6.45) is 2.27. The van der Waals surface area contributed by atoms with Gasteiger partial charge < -0.3 is 10.2 Å². The molecule has 1 aromatic carbocycles. The Hall–Kier alpha value is -1.35. The van der Waals surface area contributed by atoms with Crippen LogP contribution < -0.4 is 5.32 Å². The van der Waals surface area contributed by atoms with Gasteiger partial charge in [-0.15, -0.1) is 0 Å². The summed E-state index contributed by atoms with van der Waals surface area (Å²) in [6, 6.07) is 8.53. The van der Waals surface area contributed by atoms with Crippen molar-refractivity contribution in [1.29, 1.82) is 0 Å². The van der Waals surface area contributed by atoms with Gasteiger partial charge in [0.15, 0.2) is 0 Å². The molecule has 1 rings (SSSR count). The van der Waals surface area contributed by atoms with Crippen molar-refractivity contribution in [3.8, 4) is 0 Å².